The standard InChI is InChI=1S/C18H10FNO2/c19-12-7-9-13(10-8-12)20-17(21)14-5-1-3-11-4-2-6-15(16(11)14)18(20)22/h1-10H. The number of carbonyl (C=O) groups excluding carboxylic acids is 2. The molecule has 0 spiro atoms. The van der Waals surface area contributed by atoms with Crippen LogP contribution in [-0.4, -0.2) is 11.8 Å². The SMILES string of the molecule is O=C1c2cccc3cccc(c23)C(=O)N1c1ccc(F)cc1. The number of benzene rings is 3. The first-order valence-electron chi connectivity index (χ1n) is 6.83. The van der Waals surface area contributed by atoms with Crippen molar-refractivity contribution >= 4 is 28.3 Å². The first kappa shape index (κ1) is 12.7. The largest absolute Gasteiger partial charge is 0.268 e. The molecule has 1 aliphatic heterocycles. The number of anilines is 1. The Balaban J connectivity index is 1.97. The van der Waals surface area contributed by atoms with Gasteiger partial charge in [-0.2, -0.15) is 0 Å². The predicted molar refractivity (Wildman–Crippen MR) is 81.5 cm³/mol. The minimum absolute atomic E-state index is 0.364. The van der Waals surface area contributed by atoms with Crippen molar-refractivity contribution in [3.63, 3.8) is 0 Å². The van der Waals surface area contributed by atoms with Gasteiger partial charge in [0.1, 0.15) is 5.82 Å². The van der Waals surface area contributed by atoms with E-state index in [2.05, 4.69) is 0 Å². The minimum atomic E-state index is -0.414. The second-order valence-corrected chi connectivity index (χ2v) is 5.13. The topological polar surface area (TPSA) is 37.4 Å². The quantitative estimate of drug-likeness (QED) is 0.640. The smallest absolute Gasteiger partial charge is 0.265 e. The second-order valence-electron chi connectivity index (χ2n) is 5.13. The molecule has 2 amide bonds. The molecule has 0 bridgehead atoms. The molecule has 3 aromatic carbocycles. The normalized spacial score (nSPS) is 13.8. The van der Waals surface area contributed by atoms with E-state index in [0.29, 0.717) is 22.2 Å². The molecule has 0 aliphatic carbocycles. The van der Waals surface area contributed by atoms with E-state index in [9.17, 15) is 14.0 Å². The fourth-order valence-electron chi connectivity index (χ4n) is 2.86. The molecule has 4 rings (SSSR count). The Labute approximate surface area is 125 Å². The number of rotatable bonds is 1. The molecule has 1 aliphatic rings. The van der Waals surface area contributed by atoms with E-state index in [1.165, 1.54) is 24.3 Å². The lowest BCUT2D eigenvalue weighted by atomic mass is 9.94. The summed E-state index contributed by atoms with van der Waals surface area (Å²) in [6.45, 7) is 0. The highest BCUT2D eigenvalue weighted by Crippen LogP contribution is 2.32. The van der Waals surface area contributed by atoms with Crippen LogP contribution in [0, 0.1) is 5.82 Å². The Morgan fingerprint density at radius 2 is 1.27 bits per heavy atom. The summed E-state index contributed by atoms with van der Waals surface area (Å²) in [6.07, 6.45) is 0. The molecule has 0 fully saturated rings. The molecule has 1 heterocycles. The van der Waals surface area contributed by atoms with E-state index in [1.54, 1.807) is 24.3 Å². The Bertz CT molecular complexity index is 881. The third kappa shape index (κ3) is 1.67. The van der Waals surface area contributed by atoms with Crippen LogP contribution in [0.1, 0.15) is 20.7 Å². The molecule has 0 atom stereocenters. The Morgan fingerprint density at radius 1 is 0.727 bits per heavy atom. The lowest BCUT2D eigenvalue weighted by Gasteiger charge is -2.27. The van der Waals surface area contributed by atoms with Crippen molar-refractivity contribution in [3.05, 3.63) is 77.6 Å². The fraction of sp³-hybridized carbons (Fsp3) is 0. The number of nitrogens with zero attached hydrogens (tertiary/aromatic N) is 1. The van der Waals surface area contributed by atoms with Crippen LogP contribution in [0.25, 0.3) is 10.8 Å². The minimum Gasteiger partial charge on any atom is -0.268 e. The molecule has 106 valence electrons. The molecular formula is C18H10FNO2. The summed E-state index contributed by atoms with van der Waals surface area (Å²) in [6, 6.07) is 16.1. The molecule has 0 aromatic heterocycles. The Morgan fingerprint density at radius 3 is 1.82 bits per heavy atom. The van der Waals surface area contributed by atoms with Crippen LogP contribution >= 0.6 is 0 Å². The lowest BCUT2D eigenvalue weighted by Crippen LogP contribution is -2.40. The predicted octanol–water partition coefficient (Wildman–Crippen LogP) is 3.78. The highest BCUT2D eigenvalue weighted by Gasteiger charge is 2.33. The van der Waals surface area contributed by atoms with Crippen molar-refractivity contribution in [1.29, 1.82) is 0 Å². The zero-order valence-electron chi connectivity index (χ0n) is 11.4. The van der Waals surface area contributed by atoms with E-state index in [0.717, 1.165) is 10.3 Å². The Kier molecular flexibility index (Phi) is 2.60. The second kappa shape index (κ2) is 4.49. The molecule has 4 heteroatoms. The number of amides is 2. The van der Waals surface area contributed by atoms with E-state index >= 15 is 0 Å². The zero-order valence-corrected chi connectivity index (χ0v) is 11.4. The number of halogens is 1. The maximum atomic E-state index is 13.1. The van der Waals surface area contributed by atoms with Crippen molar-refractivity contribution in [2.24, 2.45) is 0 Å². The van der Waals surface area contributed by atoms with E-state index in [4.69, 9.17) is 0 Å². The molecule has 3 nitrogen and oxygen atoms in total. The molecular weight excluding hydrogens is 281 g/mol. The molecule has 0 unspecified atom stereocenters. The van der Waals surface area contributed by atoms with Crippen LogP contribution in [0.5, 0.6) is 0 Å². The zero-order chi connectivity index (χ0) is 15.3. The van der Waals surface area contributed by atoms with Gasteiger partial charge in [-0.1, -0.05) is 24.3 Å². The van der Waals surface area contributed by atoms with Crippen molar-refractivity contribution in [2.75, 3.05) is 4.90 Å². The van der Waals surface area contributed by atoms with Crippen LogP contribution in [-0.2, 0) is 0 Å². The van der Waals surface area contributed by atoms with Crippen LogP contribution in [0.3, 0.4) is 0 Å². The number of imide groups is 1. The maximum absolute atomic E-state index is 13.1. The van der Waals surface area contributed by atoms with E-state index < -0.39 is 5.82 Å². The molecule has 0 saturated heterocycles. The van der Waals surface area contributed by atoms with Crippen molar-refractivity contribution in [1.82, 2.24) is 0 Å². The highest BCUT2D eigenvalue weighted by atomic mass is 19.1. The summed E-state index contributed by atoms with van der Waals surface area (Å²) in [5.41, 5.74) is 1.33. The van der Waals surface area contributed by atoms with Gasteiger partial charge in [0.25, 0.3) is 11.8 Å². The third-order valence-electron chi connectivity index (χ3n) is 3.86. The number of hydrogen-bond donors (Lipinski definition) is 0. The summed E-state index contributed by atoms with van der Waals surface area (Å²) in [4.78, 5) is 26.5. The lowest BCUT2D eigenvalue weighted by molar-refractivity contribution is 0.0893. The van der Waals surface area contributed by atoms with Gasteiger partial charge in [0, 0.05) is 16.5 Å². The van der Waals surface area contributed by atoms with Crippen LogP contribution in [0.15, 0.2) is 60.7 Å². The average Bonchev–Trinajstić information content (AvgIpc) is 2.54. The number of carbonyl (C=O) groups is 2. The van der Waals surface area contributed by atoms with Crippen LogP contribution in [0.4, 0.5) is 10.1 Å². The van der Waals surface area contributed by atoms with Crippen LogP contribution < -0.4 is 4.90 Å². The summed E-state index contributed by atoms with van der Waals surface area (Å²) < 4.78 is 13.1. The first-order valence-corrected chi connectivity index (χ1v) is 6.83. The van der Waals surface area contributed by atoms with Gasteiger partial charge in [0.2, 0.25) is 0 Å². The van der Waals surface area contributed by atoms with Gasteiger partial charge < -0.3 is 0 Å². The van der Waals surface area contributed by atoms with E-state index in [-0.39, 0.29) is 11.8 Å². The van der Waals surface area contributed by atoms with Gasteiger partial charge in [-0.25, -0.2) is 9.29 Å². The van der Waals surface area contributed by atoms with E-state index in [1.807, 2.05) is 12.1 Å². The monoisotopic (exact) mass is 291 g/mol. The van der Waals surface area contributed by atoms with Crippen molar-refractivity contribution in [3.8, 4) is 0 Å². The molecule has 3 aromatic rings. The van der Waals surface area contributed by atoms with Gasteiger partial charge in [-0.15, -0.1) is 0 Å². The van der Waals surface area contributed by atoms with Gasteiger partial charge in [-0.05, 0) is 41.8 Å². The Hall–Kier alpha value is -3.01. The van der Waals surface area contributed by atoms with Crippen LogP contribution in [0.2, 0.25) is 0 Å². The highest BCUT2D eigenvalue weighted by molar-refractivity contribution is 6.35. The molecule has 0 radical (unpaired) electrons. The van der Waals surface area contributed by atoms with Gasteiger partial charge >= 0.3 is 0 Å². The number of hydrogen-bond acceptors (Lipinski definition) is 2. The summed E-state index contributed by atoms with van der Waals surface area (Å²) in [5, 5.41) is 1.54. The van der Waals surface area contributed by atoms with Gasteiger partial charge in [0.05, 0.1) is 5.69 Å². The third-order valence-corrected chi connectivity index (χ3v) is 3.86. The maximum Gasteiger partial charge on any atom is 0.265 e. The molecule has 0 N–H and O–H groups in total. The molecule has 0 saturated carbocycles. The first-order chi connectivity index (χ1) is 10.7. The van der Waals surface area contributed by atoms with Crippen molar-refractivity contribution in [2.45, 2.75) is 0 Å². The average molecular weight is 291 g/mol. The van der Waals surface area contributed by atoms with Gasteiger partial charge in [0.15, 0.2) is 0 Å². The fourth-order valence-corrected chi connectivity index (χ4v) is 2.86. The van der Waals surface area contributed by atoms with Crippen molar-refractivity contribution < 1.29 is 14.0 Å². The summed E-state index contributed by atoms with van der Waals surface area (Å²) >= 11 is 0. The summed E-state index contributed by atoms with van der Waals surface area (Å²) in [7, 11) is 0. The van der Waals surface area contributed by atoms with Gasteiger partial charge in [-0.3, -0.25) is 9.59 Å². The molecule has 22 heavy (non-hydrogen) atoms. The summed E-state index contributed by atoms with van der Waals surface area (Å²) in [5.74, 6) is -1.19.